The van der Waals surface area contributed by atoms with Crippen molar-refractivity contribution in [3.8, 4) is 10.6 Å². The third-order valence-electron chi connectivity index (χ3n) is 4.14. The number of nitrogens with zero attached hydrogens (tertiary/aromatic N) is 2. The minimum absolute atomic E-state index is 0.340. The Bertz CT molecular complexity index is 1030. The van der Waals surface area contributed by atoms with Gasteiger partial charge < -0.3 is 10.6 Å². The zero-order valence-corrected chi connectivity index (χ0v) is 19.1. The zero-order valence-electron chi connectivity index (χ0n) is 17.5. The zero-order chi connectivity index (χ0) is 22.4. The predicted octanol–water partition coefficient (Wildman–Crippen LogP) is 4.51. The first-order valence-electron chi connectivity index (χ1n) is 9.72. The summed E-state index contributed by atoms with van der Waals surface area (Å²) in [7, 11) is 0. The molecule has 0 aliphatic carbocycles. The van der Waals surface area contributed by atoms with E-state index in [1.807, 2.05) is 63.2 Å². The standard InChI is InChI=1S/C22H24ClN5O2S/c1-22(2,3)26-20(30)24-17(13-14-7-5-4-6-8-14)18(29)25-21-28-27-19(31-21)15-9-11-16(23)12-10-15/h4-12,17H,13H2,1-3H3,(H2,24,26,30)(H,25,28,29). The van der Waals surface area contributed by atoms with Gasteiger partial charge in [0, 0.05) is 22.5 Å². The molecule has 1 aromatic heterocycles. The van der Waals surface area contributed by atoms with Crippen molar-refractivity contribution >= 4 is 40.0 Å². The SMILES string of the molecule is CC(C)(C)NC(=O)NC(Cc1ccccc1)C(=O)Nc1nnc(-c2ccc(Cl)cc2)s1. The first kappa shape index (κ1) is 22.7. The number of halogens is 1. The summed E-state index contributed by atoms with van der Waals surface area (Å²) in [5, 5.41) is 18.2. The van der Waals surface area contributed by atoms with Crippen molar-refractivity contribution in [1.82, 2.24) is 20.8 Å². The second-order valence-electron chi connectivity index (χ2n) is 8.00. The molecule has 9 heteroatoms. The van der Waals surface area contributed by atoms with E-state index in [1.54, 1.807) is 12.1 Å². The maximum absolute atomic E-state index is 13.0. The molecule has 0 saturated heterocycles. The lowest BCUT2D eigenvalue weighted by Gasteiger charge is -2.24. The van der Waals surface area contributed by atoms with Crippen LogP contribution >= 0.6 is 22.9 Å². The van der Waals surface area contributed by atoms with Crippen LogP contribution in [0.25, 0.3) is 10.6 Å². The van der Waals surface area contributed by atoms with Crippen LogP contribution in [0, 0.1) is 0 Å². The smallest absolute Gasteiger partial charge is 0.315 e. The van der Waals surface area contributed by atoms with Gasteiger partial charge in [0.05, 0.1) is 0 Å². The van der Waals surface area contributed by atoms with Crippen LogP contribution in [-0.4, -0.2) is 33.7 Å². The summed E-state index contributed by atoms with van der Waals surface area (Å²) in [6.45, 7) is 5.62. The Morgan fingerprint density at radius 1 is 1.03 bits per heavy atom. The monoisotopic (exact) mass is 457 g/mol. The van der Waals surface area contributed by atoms with Crippen LogP contribution in [-0.2, 0) is 11.2 Å². The molecule has 0 spiro atoms. The fraction of sp³-hybridized carbons (Fsp3) is 0.273. The molecule has 3 amide bonds. The lowest BCUT2D eigenvalue weighted by molar-refractivity contribution is -0.117. The first-order chi connectivity index (χ1) is 14.7. The minimum atomic E-state index is -0.785. The van der Waals surface area contributed by atoms with Crippen LogP contribution in [0.3, 0.4) is 0 Å². The number of rotatable bonds is 6. The number of anilines is 1. The molecule has 0 bridgehead atoms. The number of amides is 3. The molecule has 1 atom stereocenters. The van der Waals surface area contributed by atoms with Crippen molar-refractivity contribution in [1.29, 1.82) is 0 Å². The van der Waals surface area contributed by atoms with Crippen molar-refractivity contribution in [2.24, 2.45) is 0 Å². The van der Waals surface area contributed by atoms with Crippen LogP contribution in [0.1, 0.15) is 26.3 Å². The molecule has 3 aromatic rings. The number of carbonyl (C=O) groups excluding carboxylic acids is 2. The van der Waals surface area contributed by atoms with Crippen LogP contribution < -0.4 is 16.0 Å². The Hall–Kier alpha value is -2.97. The molecule has 0 fully saturated rings. The molecular weight excluding hydrogens is 434 g/mol. The quantitative estimate of drug-likeness (QED) is 0.507. The highest BCUT2D eigenvalue weighted by Gasteiger charge is 2.24. The summed E-state index contributed by atoms with van der Waals surface area (Å²) < 4.78 is 0. The molecule has 0 aliphatic heterocycles. The summed E-state index contributed by atoms with van der Waals surface area (Å²) in [6.07, 6.45) is 0.340. The molecule has 2 aromatic carbocycles. The second kappa shape index (κ2) is 9.89. The highest BCUT2D eigenvalue weighted by molar-refractivity contribution is 7.18. The average Bonchev–Trinajstić information content (AvgIpc) is 3.16. The van der Waals surface area contributed by atoms with E-state index in [4.69, 9.17) is 11.6 Å². The van der Waals surface area contributed by atoms with E-state index in [-0.39, 0.29) is 5.91 Å². The highest BCUT2D eigenvalue weighted by Crippen LogP contribution is 2.27. The maximum Gasteiger partial charge on any atom is 0.315 e. The number of carbonyl (C=O) groups is 2. The highest BCUT2D eigenvalue weighted by atomic mass is 35.5. The normalized spacial score (nSPS) is 12.1. The third kappa shape index (κ3) is 7.04. The summed E-state index contributed by atoms with van der Waals surface area (Å²) in [6, 6.07) is 15.5. The van der Waals surface area contributed by atoms with E-state index in [0.717, 1.165) is 11.1 Å². The van der Waals surface area contributed by atoms with Crippen molar-refractivity contribution in [3.63, 3.8) is 0 Å². The lowest BCUT2D eigenvalue weighted by atomic mass is 10.1. The van der Waals surface area contributed by atoms with E-state index < -0.39 is 17.6 Å². The summed E-state index contributed by atoms with van der Waals surface area (Å²) in [5.74, 6) is -0.369. The average molecular weight is 458 g/mol. The van der Waals surface area contributed by atoms with E-state index in [0.29, 0.717) is 21.6 Å². The predicted molar refractivity (Wildman–Crippen MR) is 124 cm³/mol. The number of aromatic nitrogens is 2. The van der Waals surface area contributed by atoms with Gasteiger partial charge in [0.1, 0.15) is 11.0 Å². The number of nitrogens with one attached hydrogen (secondary N) is 3. The Kier molecular flexibility index (Phi) is 7.25. The van der Waals surface area contributed by atoms with Gasteiger partial charge in [-0.05, 0) is 38.5 Å². The summed E-state index contributed by atoms with van der Waals surface area (Å²) >= 11 is 7.17. The molecule has 0 radical (unpaired) electrons. The van der Waals surface area contributed by atoms with Gasteiger partial charge in [-0.2, -0.15) is 0 Å². The van der Waals surface area contributed by atoms with Gasteiger partial charge in [-0.1, -0.05) is 65.4 Å². The fourth-order valence-electron chi connectivity index (χ4n) is 2.77. The second-order valence-corrected chi connectivity index (χ2v) is 9.41. The molecule has 31 heavy (non-hydrogen) atoms. The molecule has 7 nitrogen and oxygen atoms in total. The number of urea groups is 1. The first-order valence-corrected chi connectivity index (χ1v) is 10.9. The fourth-order valence-corrected chi connectivity index (χ4v) is 3.65. The number of benzene rings is 2. The maximum atomic E-state index is 13.0. The molecule has 1 heterocycles. The number of hydrogen-bond acceptors (Lipinski definition) is 5. The van der Waals surface area contributed by atoms with Crippen molar-refractivity contribution in [3.05, 3.63) is 65.2 Å². The molecule has 0 aliphatic rings. The van der Waals surface area contributed by atoms with Gasteiger partial charge in [0.25, 0.3) is 0 Å². The Labute approximate surface area is 190 Å². The molecule has 162 valence electrons. The van der Waals surface area contributed by atoms with Crippen molar-refractivity contribution in [2.75, 3.05) is 5.32 Å². The van der Waals surface area contributed by atoms with Gasteiger partial charge >= 0.3 is 6.03 Å². The van der Waals surface area contributed by atoms with Crippen LogP contribution in [0.4, 0.5) is 9.93 Å². The van der Waals surface area contributed by atoms with Gasteiger partial charge in [-0.15, -0.1) is 10.2 Å². The van der Waals surface area contributed by atoms with Gasteiger partial charge in [0.2, 0.25) is 11.0 Å². The molecule has 3 N–H and O–H groups in total. The third-order valence-corrected chi connectivity index (χ3v) is 5.28. The van der Waals surface area contributed by atoms with Gasteiger partial charge in [-0.25, -0.2) is 4.79 Å². The van der Waals surface area contributed by atoms with Crippen molar-refractivity contribution < 1.29 is 9.59 Å². The van der Waals surface area contributed by atoms with Gasteiger partial charge in [0.15, 0.2) is 0 Å². The van der Waals surface area contributed by atoms with Gasteiger partial charge in [-0.3, -0.25) is 10.1 Å². The van der Waals surface area contributed by atoms with Crippen LogP contribution in [0.15, 0.2) is 54.6 Å². The molecular formula is C22H24ClN5O2S. The molecule has 3 rings (SSSR count). The topological polar surface area (TPSA) is 96.0 Å². The van der Waals surface area contributed by atoms with E-state index in [9.17, 15) is 9.59 Å². The van der Waals surface area contributed by atoms with E-state index in [2.05, 4.69) is 26.1 Å². The molecule has 1 unspecified atom stereocenters. The Balaban J connectivity index is 1.73. The Morgan fingerprint density at radius 3 is 2.35 bits per heavy atom. The van der Waals surface area contributed by atoms with Crippen LogP contribution in [0.5, 0.6) is 0 Å². The summed E-state index contributed by atoms with van der Waals surface area (Å²) in [4.78, 5) is 25.4. The summed E-state index contributed by atoms with van der Waals surface area (Å²) in [5.41, 5.74) is 1.36. The number of hydrogen-bond donors (Lipinski definition) is 3. The van der Waals surface area contributed by atoms with Crippen molar-refractivity contribution in [2.45, 2.75) is 38.8 Å². The largest absolute Gasteiger partial charge is 0.334 e. The lowest BCUT2D eigenvalue weighted by Crippen LogP contribution is -2.53. The van der Waals surface area contributed by atoms with E-state index >= 15 is 0 Å². The molecule has 0 saturated carbocycles. The van der Waals surface area contributed by atoms with E-state index in [1.165, 1.54) is 11.3 Å². The van der Waals surface area contributed by atoms with Crippen LogP contribution in [0.2, 0.25) is 5.02 Å². The Morgan fingerprint density at radius 2 is 1.71 bits per heavy atom. The minimum Gasteiger partial charge on any atom is -0.334 e.